The summed E-state index contributed by atoms with van der Waals surface area (Å²) in [6.45, 7) is 0. The second kappa shape index (κ2) is 7.93. The van der Waals surface area contributed by atoms with Gasteiger partial charge < -0.3 is 0 Å². The van der Waals surface area contributed by atoms with Crippen LogP contribution in [-0.2, 0) is 0 Å². The number of hydrogen-bond acceptors (Lipinski definition) is 1. The molecule has 0 bridgehead atoms. The van der Waals surface area contributed by atoms with Gasteiger partial charge in [0.05, 0.1) is 18.0 Å². The lowest BCUT2D eigenvalue weighted by Gasteiger charge is -2.28. The Morgan fingerprint density at radius 1 is 0.917 bits per heavy atom. The van der Waals surface area contributed by atoms with Crippen molar-refractivity contribution in [1.29, 1.82) is 5.26 Å². The number of hydrogen-bond donors (Lipinski definition) is 0. The largest absolute Gasteiger partial charge is 0.216 e. The fraction of sp³-hybridized carbons (Fsp3) is 0.318. The topological polar surface area (TPSA) is 23.8 Å². The van der Waals surface area contributed by atoms with Crippen molar-refractivity contribution in [3.8, 4) is 17.2 Å². The van der Waals surface area contributed by atoms with Gasteiger partial charge in [0, 0.05) is 0 Å². The zero-order valence-electron chi connectivity index (χ0n) is 13.8. The van der Waals surface area contributed by atoms with Crippen LogP contribution in [0.1, 0.15) is 49.1 Å². The van der Waals surface area contributed by atoms with Gasteiger partial charge in [-0.25, -0.2) is 4.39 Å². The molecule has 2 heteroatoms. The predicted octanol–water partition coefficient (Wildman–Crippen LogP) is 6.37. The molecule has 122 valence electrons. The molecule has 0 spiro atoms. The van der Waals surface area contributed by atoms with Crippen LogP contribution in [0.5, 0.6) is 0 Å². The number of nitriles is 1. The lowest BCUT2D eigenvalue weighted by molar-refractivity contribution is 0.327. The Kier molecular flexibility index (Phi) is 5.43. The minimum Gasteiger partial charge on any atom is -0.216 e. The first-order chi connectivity index (χ1) is 11.8. The van der Waals surface area contributed by atoms with Crippen LogP contribution in [0.2, 0.25) is 0 Å². The van der Waals surface area contributed by atoms with Crippen molar-refractivity contribution in [3.05, 3.63) is 72.1 Å². The van der Waals surface area contributed by atoms with E-state index in [0.29, 0.717) is 23.7 Å². The summed E-state index contributed by atoms with van der Waals surface area (Å²) in [4.78, 5) is 0. The average Bonchev–Trinajstić information content (AvgIpc) is 2.67. The van der Waals surface area contributed by atoms with Crippen LogP contribution < -0.4 is 0 Å². The first kappa shape index (κ1) is 16.5. The summed E-state index contributed by atoms with van der Waals surface area (Å²) in [6, 6.07) is 18.7. The molecule has 2 aromatic carbocycles. The molecule has 1 aliphatic carbocycles. The van der Waals surface area contributed by atoms with Crippen LogP contribution in [0.3, 0.4) is 0 Å². The van der Waals surface area contributed by atoms with Crippen LogP contribution in [-0.4, -0.2) is 0 Å². The average molecular weight is 319 g/mol. The van der Waals surface area contributed by atoms with Crippen molar-refractivity contribution < 1.29 is 4.39 Å². The molecule has 24 heavy (non-hydrogen) atoms. The van der Waals surface area contributed by atoms with Gasteiger partial charge >= 0.3 is 0 Å². The Balaban J connectivity index is 1.63. The van der Waals surface area contributed by atoms with E-state index >= 15 is 0 Å². The predicted molar refractivity (Wildman–Crippen MR) is 96.2 cm³/mol. The molecule has 0 N–H and O–H groups in total. The summed E-state index contributed by atoms with van der Waals surface area (Å²) in [6.07, 6.45) is 7.97. The smallest absolute Gasteiger partial charge is 0.0991 e. The molecule has 0 atom stereocenters. The van der Waals surface area contributed by atoms with Crippen molar-refractivity contribution in [2.45, 2.75) is 38.0 Å². The highest BCUT2D eigenvalue weighted by Gasteiger charge is 2.21. The Morgan fingerprint density at radius 3 is 2.04 bits per heavy atom. The Morgan fingerprint density at radius 2 is 1.50 bits per heavy atom. The molecule has 1 saturated carbocycles. The first-order valence-electron chi connectivity index (χ1n) is 8.66. The normalized spacial score (nSPS) is 20.8. The SMILES string of the molecule is N#Cc1ccc(-c2ccc([C@H]3CC[C@H](CC=CF)CC3)cc2)cc1. The minimum absolute atomic E-state index is 0.630. The Labute approximate surface area is 143 Å². The van der Waals surface area contributed by atoms with Crippen LogP contribution in [0, 0.1) is 17.2 Å². The van der Waals surface area contributed by atoms with Gasteiger partial charge in [-0.05, 0) is 72.8 Å². The van der Waals surface area contributed by atoms with E-state index in [4.69, 9.17) is 5.26 Å². The van der Waals surface area contributed by atoms with E-state index < -0.39 is 0 Å². The van der Waals surface area contributed by atoms with E-state index in [2.05, 4.69) is 30.3 Å². The highest BCUT2D eigenvalue weighted by molar-refractivity contribution is 5.64. The molecule has 0 saturated heterocycles. The molecule has 1 nitrogen and oxygen atoms in total. The zero-order chi connectivity index (χ0) is 16.8. The summed E-state index contributed by atoms with van der Waals surface area (Å²) in [5.41, 5.74) is 4.42. The third-order valence-corrected chi connectivity index (χ3v) is 5.13. The summed E-state index contributed by atoms with van der Waals surface area (Å²) < 4.78 is 12.1. The van der Waals surface area contributed by atoms with Gasteiger partial charge in [-0.2, -0.15) is 5.26 Å². The number of halogens is 1. The number of benzene rings is 2. The molecule has 0 unspecified atom stereocenters. The fourth-order valence-electron chi connectivity index (χ4n) is 3.66. The van der Waals surface area contributed by atoms with Crippen LogP contribution in [0.4, 0.5) is 4.39 Å². The Bertz CT molecular complexity index is 714. The zero-order valence-corrected chi connectivity index (χ0v) is 13.8. The van der Waals surface area contributed by atoms with E-state index in [1.54, 1.807) is 6.08 Å². The molecular weight excluding hydrogens is 297 g/mol. The van der Waals surface area contributed by atoms with E-state index in [1.165, 1.54) is 36.8 Å². The second-order valence-corrected chi connectivity index (χ2v) is 6.63. The third-order valence-electron chi connectivity index (χ3n) is 5.13. The van der Waals surface area contributed by atoms with Gasteiger partial charge in [0.2, 0.25) is 0 Å². The molecule has 2 aromatic rings. The molecule has 0 aliphatic heterocycles. The highest BCUT2D eigenvalue weighted by atomic mass is 19.1. The van der Waals surface area contributed by atoms with Crippen LogP contribution >= 0.6 is 0 Å². The highest BCUT2D eigenvalue weighted by Crippen LogP contribution is 2.37. The first-order valence-corrected chi connectivity index (χ1v) is 8.66. The molecule has 3 rings (SSSR count). The Hall–Kier alpha value is -2.40. The van der Waals surface area contributed by atoms with Gasteiger partial charge in [0.15, 0.2) is 0 Å². The van der Waals surface area contributed by atoms with Crippen molar-refractivity contribution in [2.75, 3.05) is 0 Å². The third kappa shape index (κ3) is 3.92. The van der Waals surface area contributed by atoms with E-state index in [1.807, 2.05) is 24.3 Å². The molecule has 0 aromatic heterocycles. The van der Waals surface area contributed by atoms with Crippen LogP contribution in [0.25, 0.3) is 11.1 Å². The van der Waals surface area contributed by atoms with Gasteiger partial charge in [0.25, 0.3) is 0 Å². The van der Waals surface area contributed by atoms with Crippen molar-refractivity contribution in [2.24, 2.45) is 5.92 Å². The maximum Gasteiger partial charge on any atom is 0.0991 e. The molecule has 1 fully saturated rings. The monoisotopic (exact) mass is 319 g/mol. The van der Waals surface area contributed by atoms with E-state index in [0.717, 1.165) is 12.0 Å². The lowest BCUT2D eigenvalue weighted by atomic mass is 9.77. The van der Waals surface area contributed by atoms with Crippen molar-refractivity contribution in [3.63, 3.8) is 0 Å². The van der Waals surface area contributed by atoms with Gasteiger partial charge in [-0.1, -0.05) is 42.5 Å². The fourth-order valence-corrected chi connectivity index (χ4v) is 3.66. The van der Waals surface area contributed by atoms with Gasteiger partial charge in [0.1, 0.15) is 0 Å². The summed E-state index contributed by atoms with van der Waals surface area (Å²) >= 11 is 0. The van der Waals surface area contributed by atoms with E-state index in [-0.39, 0.29) is 0 Å². The maximum atomic E-state index is 12.1. The van der Waals surface area contributed by atoms with Crippen LogP contribution in [0.15, 0.2) is 60.9 Å². The number of allylic oxidation sites excluding steroid dienone is 1. The van der Waals surface area contributed by atoms with Crippen molar-refractivity contribution in [1.82, 2.24) is 0 Å². The number of nitrogens with zero attached hydrogens (tertiary/aromatic N) is 1. The summed E-state index contributed by atoms with van der Waals surface area (Å²) in [5, 5.41) is 8.87. The minimum atomic E-state index is 0.630. The maximum absolute atomic E-state index is 12.1. The second-order valence-electron chi connectivity index (χ2n) is 6.63. The summed E-state index contributed by atoms with van der Waals surface area (Å²) in [7, 11) is 0. The molecular formula is C22H22FN. The van der Waals surface area contributed by atoms with E-state index in [9.17, 15) is 4.39 Å². The van der Waals surface area contributed by atoms with Gasteiger partial charge in [-0.15, -0.1) is 0 Å². The quantitative estimate of drug-likeness (QED) is 0.642. The lowest BCUT2D eigenvalue weighted by Crippen LogP contribution is -2.12. The summed E-state index contributed by atoms with van der Waals surface area (Å²) in [5.74, 6) is 1.27. The van der Waals surface area contributed by atoms with Crippen molar-refractivity contribution >= 4 is 0 Å². The molecule has 0 amide bonds. The molecule has 0 radical (unpaired) electrons. The molecule has 1 aliphatic rings. The number of rotatable bonds is 4. The standard InChI is InChI=1S/C22H22FN/c23-15-1-2-17-3-7-19(8-4-17)21-11-13-22(14-12-21)20-9-5-18(16-24)6-10-20/h1,5-6,9-15,17,19H,2-4,7-8H2/t17-,19-. The van der Waals surface area contributed by atoms with Gasteiger partial charge in [-0.3, -0.25) is 0 Å². The molecule has 0 heterocycles.